The second-order valence-corrected chi connectivity index (χ2v) is 9.02. The molecule has 6 nitrogen and oxygen atoms in total. The van der Waals surface area contributed by atoms with Crippen molar-refractivity contribution in [1.29, 1.82) is 0 Å². The number of piperidine rings is 3. The predicted octanol–water partition coefficient (Wildman–Crippen LogP) is 3.46. The molecule has 3 N–H and O–H groups in total. The molecule has 0 saturated carbocycles. The summed E-state index contributed by atoms with van der Waals surface area (Å²) in [4.78, 5) is 25.3. The Hall–Kier alpha value is -1.86. The van der Waals surface area contributed by atoms with E-state index in [1.807, 2.05) is 6.07 Å². The third-order valence-electron chi connectivity index (χ3n) is 6.92. The zero-order chi connectivity index (χ0) is 20.9. The Kier molecular flexibility index (Phi) is 8.55. The maximum Gasteiger partial charge on any atom is 0.249 e. The average molecular weight is 453 g/mol. The van der Waals surface area contributed by atoms with E-state index >= 15 is 0 Å². The van der Waals surface area contributed by atoms with Crippen molar-refractivity contribution in [2.75, 3.05) is 36.4 Å². The van der Waals surface area contributed by atoms with E-state index in [1.54, 1.807) is 6.07 Å². The Bertz CT molecular complexity index is 764. The lowest BCUT2D eigenvalue weighted by molar-refractivity contribution is -0.133. The Morgan fingerprint density at radius 3 is 2.32 bits per heavy atom. The van der Waals surface area contributed by atoms with Gasteiger partial charge in [0, 0.05) is 25.2 Å². The van der Waals surface area contributed by atoms with Gasteiger partial charge in [0.1, 0.15) is 11.9 Å². The third kappa shape index (κ3) is 6.32. The molecule has 172 valence electrons. The molecule has 3 aliphatic rings. The van der Waals surface area contributed by atoms with Crippen LogP contribution in [0.25, 0.3) is 0 Å². The number of nitrogens with one attached hydrogen (secondary N) is 3. The quantitative estimate of drug-likeness (QED) is 0.576. The topological polar surface area (TPSA) is 73.5 Å². The summed E-state index contributed by atoms with van der Waals surface area (Å²) >= 11 is 0. The number of benzene rings is 1. The van der Waals surface area contributed by atoms with Gasteiger partial charge in [-0.05, 0) is 75.2 Å². The summed E-state index contributed by atoms with van der Waals surface area (Å²) in [5, 5.41) is 8.80. The summed E-state index contributed by atoms with van der Waals surface area (Å²) in [6, 6.07) is 4.59. The molecule has 2 amide bonds. The van der Waals surface area contributed by atoms with E-state index in [9.17, 15) is 14.0 Å². The Morgan fingerprint density at radius 2 is 1.68 bits per heavy atom. The molecule has 8 heteroatoms. The molecule has 1 atom stereocenters. The monoisotopic (exact) mass is 452 g/mol. The van der Waals surface area contributed by atoms with Crippen LogP contribution in [0, 0.1) is 17.7 Å². The number of hydrogen-bond donors (Lipinski definition) is 3. The van der Waals surface area contributed by atoms with Gasteiger partial charge in [-0.25, -0.2) is 4.39 Å². The first-order valence-electron chi connectivity index (χ1n) is 11.4. The molecule has 0 radical (unpaired) electrons. The molecule has 4 rings (SSSR count). The van der Waals surface area contributed by atoms with E-state index in [-0.39, 0.29) is 30.0 Å². The number of carbonyl (C=O) groups is 2. The van der Waals surface area contributed by atoms with E-state index < -0.39 is 6.04 Å². The molecule has 0 aliphatic carbocycles. The second-order valence-electron chi connectivity index (χ2n) is 9.02. The second kappa shape index (κ2) is 11.1. The van der Waals surface area contributed by atoms with Crippen molar-refractivity contribution in [2.45, 2.75) is 57.4 Å². The highest BCUT2D eigenvalue weighted by atomic mass is 35.5. The minimum atomic E-state index is -0.497. The highest BCUT2D eigenvalue weighted by Crippen LogP contribution is 2.31. The van der Waals surface area contributed by atoms with Crippen LogP contribution >= 0.6 is 12.4 Å². The van der Waals surface area contributed by atoms with E-state index in [0.717, 1.165) is 50.9 Å². The van der Waals surface area contributed by atoms with Crippen molar-refractivity contribution in [3.8, 4) is 0 Å². The third-order valence-corrected chi connectivity index (χ3v) is 6.92. The van der Waals surface area contributed by atoms with E-state index in [2.05, 4.69) is 20.9 Å². The first-order valence-corrected chi connectivity index (χ1v) is 11.4. The number of anilines is 2. The van der Waals surface area contributed by atoms with Gasteiger partial charge in [-0.2, -0.15) is 0 Å². The molecule has 1 aromatic carbocycles. The van der Waals surface area contributed by atoms with E-state index in [0.29, 0.717) is 24.2 Å². The number of nitrogens with zero attached hydrogens (tertiary/aromatic N) is 1. The molecular weight excluding hydrogens is 419 g/mol. The fraction of sp³-hybridized carbons (Fsp3) is 0.652. The van der Waals surface area contributed by atoms with Crippen LogP contribution in [0.4, 0.5) is 15.8 Å². The Labute approximate surface area is 190 Å². The van der Waals surface area contributed by atoms with Crippen molar-refractivity contribution < 1.29 is 14.0 Å². The molecule has 3 saturated heterocycles. The molecular formula is C23H34ClFN4O2. The lowest BCUT2D eigenvalue weighted by atomic mass is 9.85. The number of carbonyl (C=O) groups excluding carboxylic acids is 2. The normalized spacial score (nSPS) is 23.3. The van der Waals surface area contributed by atoms with Gasteiger partial charge in [0.25, 0.3) is 0 Å². The van der Waals surface area contributed by atoms with Crippen LogP contribution in [-0.2, 0) is 9.59 Å². The molecule has 1 aromatic rings. The maximum atomic E-state index is 14.8. The van der Waals surface area contributed by atoms with Crippen molar-refractivity contribution in [3.05, 3.63) is 24.0 Å². The van der Waals surface area contributed by atoms with Gasteiger partial charge in [-0.15, -0.1) is 12.4 Å². The van der Waals surface area contributed by atoms with Gasteiger partial charge in [-0.3, -0.25) is 14.9 Å². The smallest absolute Gasteiger partial charge is 0.249 e. The lowest BCUT2D eigenvalue weighted by Gasteiger charge is -2.35. The highest BCUT2D eigenvalue weighted by Gasteiger charge is 2.27. The molecule has 3 aliphatic heterocycles. The van der Waals surface area contributed by atoms with E-state index in [4.69, 9.17) is 0 Å². The summed E-state index contributed by atoms with van der Waals surface area (Å²) in [7, 11) is 0. The van der Waals surface area contributed by atoms with Crippen LogP contribution in [0.5, 0.6) is 0 Å². The van der Waals surface area contributed by atoms with Gasteiger partial charge in [0.15, 0.2) is 0 Å². The zero-order valence-corrected chi connectivity index (χ0v) is 18.8. The molecule has 1 unspecified atom stereocenters. The highest BCUT2D eigenvalue weighted by molar-refractivity contribution is 6.01. The standard InChI is InChI=1S/C23H33FN4O2.ClH/c24-19-15-18(26-20-4-6-22(29)27-23(20)30)3-5-21(19)28-13-9-17(10-14-28)2-1-16-7-11-25-12-8-16;/h3,5,15-17,20,25-26H,1-2,4,6-14H2,(H,27,29,30);1H. The van der Waals surface area contributed by atoms with Crippen LogP contribution < -0.4 is 20.9 Å². The van der Waals surface area contributed by atoms with E-state index in [1.165, 1.54) is 31.7 Å². The lowest BCUT2D eigenvalue weighted by Crippen LogP contribution is -2.47. The predicted molar refractivity (Wildman–Crippen MR) is 123 cm³/mol. The van der Waals surface area contributed by atoms with Gasteiger partial charge in [0.05, 0.1) is 5.69 Å². The minimum Gasteiger partial charge on any atom is -0.374 e. The van der Waals surface area contributed by atoms with Crippen molar-refractivity contribution in [1.82, 2.24) is 10.6 Å². The fourth-order valence-corrected chi connectivity index (χ4v) is 4.99. The van der Waals surface area contributed by atoms with Gasteiger partial charge in [-0.1, -0.05) is 12.8 Å². The first kappa shape index (κ1) is 23.8. The average Bonchev–Trinajstić information content (AvgIpc) is 2.76. The number of hydrogen-bond acceptors (Lipinski definition) is 5. The summed E-state index contributed by atoms with van der Waals surface area (Å²) < 4.78 is 14.8. The molecule has 3 fully saturated rings. The van der Waals surface area contributed by atoms with Crippen LogP contribution in [0.3, 0.4) is 0 Å². The van der Waals surface area contributed by atoms with Crippen LogP contribution in [-0.4, -0.2) is 44.0 Å². The number of imide groups is 1. The fourth-order valence-electron chi connectivity index (χ4n) is 4.99. The Morgan fingerprint density at radius 1 is 1.00 bits per heavy atom. The minimum absolute atomic E-state index is 0. The molecule has 0 bridgehead atoms. The first-order chi connectivity index (χ1) is 14.6. The summed E-state index contributed by atoms with van der Waals surface area (Å²) in [6.07, 6.45) is 8.24. The van der Waals surface area contributed by atoms with Gasteiger partial charge < -0.3 is 15.5 Å². The molecule has 3 heterocycles. The molecule has 0 aromatic heterocycles. The molecule has 0 spiro atoms. The summed E-state index contributed by atoms with van der Waals surface area (Å²) in [6.45, 7) is 4.12. The van der Waals surface area contributed by atoms with Crippen molar-refractivity contribution in [2.24, 2.45) is 11.8 Å². The van der Waals surface area contributed by atoms with Crippen LogP contribution in [0.1, 0.15) is 51.4 Å². The van der Waals surface area contributed by atoms with Crippen LogP contribution in [0.15, 0.2) is 18.2 Å². The van der Waals surface area contributed by atoms with Gasteiger partial charge >= 0.3 is 0 Å². The van der Waals surface area contributed by atoms with Crippen molar-refractivity contribution in [3.63, 3.8) is 0 Å². The number of halogens is 2. The van der Waals surface area contributed by atoms with Gasteiger partial charge in [0.2, 0.25) is 11.8 Å². The van der Waals surface area contributed by atoms with Crippen molar-refractivity contribution >= 4 is 35.6 Å². The largest absolute Gasteiger partial charge is 0.374 e. The SMILES string of the molecule is Cl.O=C1CCC(Nc2ccc(N3CCC(CCC4CCNCC4)CC3)c(F)c2)C(=O)N1. The molecule has 31 heavy (non-hydrogen) atoms. The summed E-state index contributed by atoms with van der Waals surface area (Å²) in [5.74, 6) is 0.778. The Balaban J connectivity index is 0.00000272. The number of amides is 2. The number of rotatable bonds is 6. The maximum absolute atomic E-state index is 14.8. The zero-order valence-electron chi connectivity index (χ0n) is 18.0. The van der Waals surface area contributed by atoms with Crippen LogP contribution in [0.2, 0.25) is 0 Å². The summed E-state index contributed by atoms with van der Waals surface area (Å²) in [5.41, 5.74) is 1.21.